The molecule has 0 radical (unpaired) electrons. The first-order chi connectivity index (χ1) is 21.2. The highest BCUT2D eigenvalue weighted by Gasteiger charge is 2.66. The summed E-state index contributed by atoms with van der Waals surface area (Å²) >= 11 is 6.54. The number of hydrogen-bond acceptors (Lipinski definition) is 4. The fraction of sp³-hybridized carbons (Fsp3) is 0.158. The van der Waals surface area contributed by atoms with Gasteiger partial charge in [-0.05, 0) is 53.8 Å². The van der Waals surface area contributed by atoms with E-state index in [1.165, 1.54) is 16.7 Å². The smallest absolute Gasteiger partial charge is 0.239 e. The van der Waals surface area contributed by atoms with E-state index in [2.05, 4.69) is 107 Å². The van der Waals surface area contributed by atoms with Gasteiger partial charge in [0.25, 0.3) is 0 Å². The summed E-state index contributed by atoms with van der Waals surface area (Å²) in [4.78, 5) is 22.1. The minimum Gasteiger partial charge on any atom is -0.336 e. The second-order valence-corrected chi connectivity index (χ2v) is 11.6. The summed E-state index contributed by atoms with van der Waals surface area (Å²) in [7, 11) is 0. The predicted molar refractivity (Wildman–Crippen MR) is 179 cm³/mol. The number of benzene rings is 5. The lowest BCUT2D eigenvalue weighted by Crippen LogP contribution is -2.64. The first-order valence-corrected chi connectivity index (χ1v) is 15.3. The van der Waals surface area contributed by atoms with Crippen LogP contribution in [-0.2, 0) is 24.3 Å². The van der Waals surface area contributed by atoms with Crippen molar-refractivity contribution < 1.29 is 4.79 Å². The molecule has 0 aromatic heterocycles. The lowest BCUT2D eigenvalue weighted by molar-refractivity contribution is -0.121. The number of para-hydroxylation sites is 3. The third kappa shape index (κ3) is 4.70. The highest BCUT2D eigenvalue weighted by atomic mass is 32.1. The highest BCUT2D eigenvalue weighted by Crippen LogP contribution is 2.55. The molecule has 212 valence electrons. The zero-order valence-electron chi connectivity index (χ0n) is 23.9. The van der Waals surface area contributed by atoms with Gasteiger partial charge in [-0.25, -0.2) is 0 Å². The van der Waals surface area contributed by atoms with Crippen LogP contribution in [-0.4, -0.2) is 16.6 Å². The van der Waals surface area contributed by atoms with E-state index in [0.717, 1.165) is 23.5 Å². The van der Waals surface area contributed by atoms with Gasteiger partial charge in [0.05, 0.1) is 17.3 Å². The number of hydrogen-bond donors (Lipinski definition) is 0. The maximum atomic E-state index is 14.8. The van der Waals surface area contributed by atoms with Crippen molar-refractivity contribution in [2.45, 2.75) is 31.6 Å². The Labute approximate surface area is 258 Å². The lowest BCUT2D eigenvalue weighted by atomic mass is 9.86. The van der Waals surface area contributed by atoms with Crippen LogP contribution in [0.3, 0.4) is 0 Å². The summed E-state index contributed by atoms with van der Waals surface area (Å²) < 4.78 is 0. The average molecular weight is 580 g/mol. The van der Waals surface area contributed by atoms with Gasteiger partial charge in [-0.1, -0.05) is 134 Å². The summed E-state index contributed by atoms with van der Waals surface area (Å²) in [5.41, 5.74) is 5.69. The van der Waals surface area contributed by atoms with Crippen molar-refractivity contribution in [3.63, 3.8) is 0 Å². The molecular formula is C38H33N3OS. The number of carbonyl (C=O) groups is 1. The predicted octanol–water partition coefficient (Wildman–Crippen LogP) is 8.03. The molecule has 2 aliphatic heterocycles. The number of rotatable bonds is 8. The summed E-state index contributed by atoms with van der Waals surface area (Å²) in [6.45, 7) is 1.25. The zero-order valence-corrected chi connectivity index (χ0v) is 24.7. The lowest BCUT2D eigenvalue weighted by Gasteiger charge is -2.46. The monoisotopic (exact) mass is 579 g/mol. The summed E-state index contributed by atoms with van der Waals surface area (Å²) in [5.74, 6) is -0.351. The van der Waals surface area contributed by atoms with Crippen LogP contribution in [0.4, 0.5) is 17.1 Å². The fourth-order valence-corrected chi connectivity index (χ4v) is 7.39. The van der Waals surface area contributed by atoms with Crippen LogP contribution < -0.4 is 14.7 Å². The number of anilines is 3. The second kappa shape index (κ2) is 11.5. The van der Waals surface area contributed by atoms with Gasteiger partial charge in [0, 0.05) is 18.8 Å². The molecule has 2 heterocycles. The SMILES string of the molecule is O=C1C(CCc2ccccc2)C2(C(=S)N1c1ccccc1)N(Cc1ccccc1)c1ccccc1N2Cc1ccccc1. The Balaban J connectivity index is 1.44. The molecule has 5 heteroatoms. The number of nitrogens with zero attached hydrogens (tertiary/aromatic N) is 3. The molecule has 0 saturated carbocycles. The molecule has 7 rings (SSSR count). The van der Waals surface area contributed by atoms with Gasteiger partial charge in [-0.15, -0.1) is 0 Å². The fourth-order valence-electron chi connectivity index (χ4n) is 6.83. The summed E-state index contributed by atoms with van der Waals surface area (Å²) in [5, 5.41) is 0. The molecule has 5 aromatic carbocycles. The number of carbonyl (C=O) groups excluding carboxylic acids is 1. The molecular weight excluding hydrogens is 547 g/mol. The summed E-state index contributed by atoms with van der Waals surface area (Å²) in [6.07, 6.45) is 1.44. The quantitative estimate of drug-likeness (QED) is 0.174. The Morgan fingerprint density at radius 2 is 0.977 bits per heavy atom. The van der Waals surface area contributed by atoms with Crippen LogP contribution in [0.25, 0.3) is 0 Å². The van der Waals surface area contributed by atoms with E-state index >= 15 is 0 Å². The topological polar surface area (TPSA) is 26.8 Å². The van der Waals surface area contributed by atoms with Gasteiger partial charge in [0.15, 0.2) is 5.66 Å². The number of thiocarbonyl (C=S) groups is 1. The third-order valence-electron chi connectivity index (χ3n) is 8.75. The molecule has 1 amide bonds. The minimum absolute atomic E-state index is 0.0519. The van der Waals surface area contributed by atoms with E-state index in [1.54, 1.807) is 0 Å². The molecule has 1 saturated heterocycles. The van der Waals surface area contributed by atoms with E-state index in [1.807, 2.05) is 53.4 Å². The maximum absolute atomic E-state index is 14.8. The van der Waals surface area contributed by atoms with E-state index in [0.29, 0.717) is 24.5 Å². The molecule has 1 spiro atoms. The van der Waals surface area contributed by atoms with Crippen LogP contribution in [0.15, 0.2) is 146 Å². The summed E-state index contributed by atoms with van der Waals surface area (Å²) in [6, 6.07) is 49.9. The van der Waals surface area contributed by atoms with Crippen molar-refractivity contribution in [1.29, 1.82) is 0 Å². The maximum Gasteiger partial charge on any atom is 0.239 e. The van der Waals surface area contributed by atoms with Crippen molar-refractivity contribution in [1.82, 2.24) is 0 Å². The molecule has 1 fully saturated rings. The van der Waals surface area contributed by atoms with Crippen molar-refractivity contribution in [2.75, 3.05) is 14.7 Å². The molecule has 5 aromatic rings. The van der Waals surface area contributed by atoms with Gasteiger partial charge in [0.1, 0.15) is 4.99 Å². The van der Waals surface area contributed by atoms with Crippen molar-refractivity contribution in [3.05, 3.63) is 162 Å². The molecule has 0 N–H and O–H groups in total. The van der Waals surface area contributed by atoms with Gasteiger partial charge in [-0.3, -0.25) is 9.69 Å². The Morgan fingerprint density at radius 1 is 0.558 bits per heavy atom. The van der Waals surface area contributed by atoms with E-state index < -0.39 is 11.6 Å². The molecule has 0 aliphatic carbocycles. The number of aryl methyl sites for hydroxylation is 1. The van der Waals surface area contributed by atoms with Gasteiger partial charge in [0.2, 0.25) is 5.91 Å². The molecule has 4 nitrogen and oxygen atoms in total. The van der Waals surface area contributed by atoms with E-state index in [-0.39, 0.29) is 5.91 Å². The Kier molecular flexibility index (Phi) is 7.25. The van der Waals surface area contributed by atoms with Crippen molar-refractivity contribution in [2.24, 2.45) is 5.92 Å². The van der Waals surface area contributed by atoms with Crippen LogP contribution in [0.5, 0.6) is 0 Å². The first-order valence-electron chi connectivity index (χ1n) is 14.9. The molecule has 2 aliphatic rings. The largest absolute Gasteiger partial charge is 0.336 e. The Hall–Kier alpha value is -4.74. The van der Waals surface area contributed by atoms with E-state index in [4.69, 9.17) is 12.2 Å². The van der Waals surface area contributed by atoms with Crippen LogP contribution in [0, 0.1) is 5.92 Å². The molecule has 0 bridgehead atoms. The third-order valence-corrected chi connectivity index (χ3v) is 9.24. The molecule has 1 atom stereocenters. The Bertz CT molecular complexity index is 1660. The minimum atomic E-state index is -0.883. The van der Waals surface area contributed by atoms with Crippen LogP contribution in [0.1, 0.15) is 23.1 Å². The normalized spacial score (nSPS) is 17.1. The number of fused-ring (bicyclic) bond motifs is 1. The Morgan fingerprint density at radius 3 is 1.47 bits per heavy atom. The average Bonchev–Trinajstić information content (AvgIpc) is 3.45. The highest BCUT2D eigenvalue weighted by molar-refractivity contribution is 7.81. The zero-order chi connectivity index (χ0) is 29.2. The molecule has 1 unspecified atom stereocenters. The van der Waals surface area contributed by atoms with Crippen LogP contribution >= 0.6 is 12.2 Å². The van der Waals surface area contributed by atoms with Crippen LogP contribution in [0.2, 0.25) is 0 Å². The van der Waals surface area contributed by atoms with Crippen molar-refractivity contribution in [3.8, 4) is 0 Å². The number of amides is 1. The van der Waals surface area contributed by atoms with Gasteiger partial charge < -0.3 is 9.80 Å². The standard InChI is InChI=1S/C38H33N3OS/c42-36-33(26-25-29-15-5-1-6-16-29)38(37(43)41(36)32-21-11-4-12-22-32)39(27-30-17-7-2-8-18-30)34-23-13-14-24-35(34)40(38)28-31-19-9-3-10-20-31/h1-24,33H,25-28H2. The van der Waals surface area contributed by atoms with Gasteiger partial charge >= 0.3 is 0 Å². The van der Waals surface area contributed by atoms with E-state index in [9.17, 15) is 4.79 Å². The molecule has 43 heavy (non-hydrogen) atoms. The van der Waals surface area contributed by atoms with Crippen molar-refractivity contribution >= 4 is 40.2 Å². The first kappa shape index (κ1) is 27.1. The second-order valence-electron chi connectivity index (χ2n) is 11.2. The van der Waals surface area contributed by atoms with Gasteiger partial charge in [-0.2, -0.15) is 0 Å².